The molecule has 4 heteroatoms. The van der Waals surface area contributed by atoms with Gasteiger partial charge in [0.05, 0.1) is 0 Å². The number of unbranched alkanes of at least 4 members (excludes halogenated alkanes) is 13. The van der Waals surface area contributed by atoms with Crippen molar-refractivity contribution in [2.45, 2.75) is 96.3 Å². The molecule has 0 aromatic carbocycles. The second-order valence-electron chi connectivity index (χ2n) is 6.10. The zero-order valence-corrected chi connectivity index (χ0v) is 14.3. The van der Waals surface area contributed by atoms with Gasteiger partial charge in [-0.2, -0.15) is 0 Å². The molecule has 0 amide bonds. The molecule has 4 nitrogen and oxygen atoms in total. The van der Waals surface area contributed by atoms with Crippen LogP contribution >= 0.6 is 0 Å². The van der Waals surface area contributed by atoms with Gasteiger partial charge in [-0.05, 0) is 12.8 Å². The van der Waals surface area contributed by atoms with Crippen molar-refractivity contribution in [3.05, 3.63) is 0 Å². The van der Waals surface area contributed by atoms with E-state index >= 15 is 0 Å². The number of carbonyl (C=O) groups is 2. The van der Waals surface area contributed by atoms with Crippen LogP contribution in [-0.4, -0.2) is 22.2 Å². The minimum atomic E-state index is -1.04. The van der Waals surface area contributed by atoms with Gasteiger partial charge in [0.25, 0.3) is 0 Å². The number of rotatable bonds is 15. The highest BCUT2D eigenvalue weighted by molar-refractivity contribution is 5.86. The molecule has 23 heavy (non-hydrogen) atoms. The van der Waals surface area contributed by atoms with Gasteiger partial charge in [-0.15, -0.1) is 0 Å². The normalized spacial score (nSPS) is 10.1. The Morgan fingerprint density at radius 3 is 1.39 bits per heavy atom. The van der Waals surface area contributed by atoms with Crippen molar-refractivity contribution in [3.63, 3.8) is 0 Å². The number of carboxylic acid groups (broad SMARTS) is 2. The number of hydrogen-bond donors (Lipinski definition) is 2. The molecule has 0 heterocycles. The lowest BCUT2D eigenvalue weighted by atomic mass is 10.0. The molecule has 0 spiro atoms. The predicted octanol–water partition coefficient (Wildman–Crippen LogP) is 5.01. The molecular formula is C19H32O4. The smallest absolute Gasteiger partial charge is 0.381 e. The largest absolute Gasteiger partial charge is 0.481 e. The highest BCUT2D eigenvalue weighted by Crippen LogP contribution is 2.13. The first-order chi connectivity index (χ1) is 11.1. The first kappa shape index (κ1) is 21.5. The molecule has 0 radical (unpaired) electrons. The van der Waals surface area contributed by atoms with Crippen LogP contribution in [0.3, 0.4) is 0 Å². The number of carboxylic acids is 2. The van der Waals surface area contributed by atoms with E-state index in [1.807, 2.05) is 0 Å². The maximum absolute atomic E-state index is 10.3. The molecule has 0 fully saturated rings. The highest BCUT2D eigenvalue weighted by atomic mass is 16.4. The van der Waals surface area contributed by atoms with Crippen LogP contribution < -0.4 is 0 Å². The van der Waals surface area contributed by atoms with Crippen molar-refractivity contribution in [3.8, 4) is 11.8 Å². The Hall–Kier alpha value is -1.50. The molecule has 2 N–H and O–H groups in total. The Balaban J connectivity index is 3.07. The second-order valence-corrected chi connectivity index (χ2v) is 6.10. The van der Waals surface area contributed by atoms with Gasteiger partial charge in [-0.1, -0.05) is 76.5 Å². The van der Waals surface area contributed by atoms with Gasteiger partial charge in [0.15, 0.2) is 0 Å². The fourth-order valence-corrected chi connectivity index (χ4v) is 2.57. The van der Waals surface area contributed by atoms with E-state index < -0.39 is 11.9 Å². The van der Waals surface area contributed by atoms with Crippen molar-refractivity contribution in [2.24, 2.45) is 0 Å². The summed E-state index contributed by atoms with van der Waals surface area (Å²) in [5.74, 6) is 3.07. The van der Waals surface area contributed by atoms with Crippen LogP contribution in [0.4, 0.5) is 0 Å². The second kappa shape index (κ2) is 16.9. The third kappa shape index (κ3) is 20.5. The Morgan fingerprint density at radius 2 is 1.00 bits per heavy atom. The molecule has 0 aliphatic carbocycles. The fourth-order valence-electron chi connectivity index (χ4n) is 2.57. The van der Waals surface area contributed by atoms with Crippen LogP contribution in [0.5, 0.6) is 0 Å². The maximum Gasteiger partial charge on any atom is 0.381 e. The quantitative estimate of drug-likeness (QED) is 0.328. The summed E-state index contributed by atoms with van der Waals surface area (Å²) >= 11 is 0. The fraction of sp³-hybridized carbons (Fsp3) is 0.789. The van der Waals surface area contributed by atoms with Gasteiger partial charge in [-0.25, -0.2) is 4.79 Å². The first-order valence-electron chi connectivity index (χ1n) is 9.06. The van der Waals surface area contributed by atoms with Crippen molar-refractivity contribution in [1.82, 2.24) is 0 Å². The van der Waals surface area contributed by atoms with E-state index in [-0.39, 0.29) is 0 Å². The number of aliphatic carboxylic acids is 2. The Kier molecular flexibility index (Phi) is 15.8. The summed E-state index contributed by atoms with van der Waals surface area (Å²) in [5, 5.41) is 16.9. The highest BCUT2D eigenvalue weighted by Gasteiger charge is 1.97. The van der Waals surface area contributed by atoms with E-state index in [2.05, 4.69) is 11.8 Å². The van der Waals surface area contributed by atoms with Gasteiger partial charge >= 0.3 is 11.9 Å². The molecule has 0 saturated carbocycles. The van der Waals surface area contributed by atoms with Gasteiger partial charge < -0.3 is 10.2 Å². The molecule has 0 aromatic heterocycles. The van der Waals surface area contributed by atoms with E-state index in [0.29, 0.717) is 12.8 Å². The molecular weight excluding hydrogens is 292 g/mol. The summed E-state index contributed by atoms with van der Waals surface area (Å²) in [5.41, 5.74) is 0. The standard InChI is InChI=1S/C19H32O4/c20-18(21)16-14-12-10-8-6-4-2-1-3-5-7-9-11-13-15-17-19(22)23/h1-14,16H2,(H,20,21)(H,22,23). The average Bonchev–Trinajstić information content (AvgIpc) is 2.49. The molecule has 0 saturated heterocycles. The summed E-state index contributed by atoms with van der Waals surface area (Å²) in [6, 6.07) is 0. The van der Waals surface area contributed by atoms with E-state index in [4.69, 9.17) is 10.2 Å². The summed E-state index contributed by atoms with van der Waals surface area (Å²) < 4.78 is 0. The monoisotopic (exact) mass is 324 g/mol. The number of hydrogen-bond acceptors (Lipinski definition) is 2. The lowest BCUT2D eigenvalue weighted by molar-refractivity contribution is -0.137. The predicted molar refractivity (Wildman–Crippen MR) is 92.3 cm³/mol. The van der Waals surface area contributed by atoms with Crippen molar-refractivity contribution in [1.29, 1.82) is 0 Å². The minimum absolute atomic E-state index is 0.312. The Labute approximate surface area is 140 Å². The van der Waals surface area contributed by atoms with Crippen LogP contribution in [0.1, 0.15) is 96.3 Å². The van der Waals surface area contributed by atoms with E-state index in [0.717, 1.165) is 32.1 Å². The molecule has 0 unspecified atom stereocenters. The van der Waals surface area contributed by atoms with Gasteiger partial charge in [0, 0.05) is 18.8 Å². The van der Waals surface area contributed by atoms with Gasteiger partial charge in [-0.3, -0.25) is 4.79 Å². The zero-order chi connectivity index (χ0) is 17.2. The average molecular weight is 324 g/mol. The molecule has 0 aromatic rings. The Bertz CT molecular complexity index is 365. The first-order valence-corrected chi connectivity index (χ1v) is 9.06. The minimum Gasteiger partial charge on any atom is -0.481 e. The van der Waals surface area contributed by atoms with Crippen molar-refractivity contribution < 1.29 is 19.8 Å². The topological polar surface area (TPSA) is 74.6 Å². The van der Waals surface area contributed by atoms with Crippen LogP contribution in [0.2, 0.25) is 0 Å². The third-order valence-corrected chi connectivity index (χ3v) is 3.89. The van der Waals surface area contributed by atoms with Gasteiger partial charge in [0.2, 0.25) is 0 Å². The SMILES string of the molecule is O=C(O)C#CCCCCCCCCCCCCCCCC(=O)O. The lowest BCUT2D eigenvalue weighted by Gasteiger charge is -2.02. The third-order valence-electron chi connectivity index (χ3n) is 3.89. The van der Waals surface area contributed by atoms with Crippen molar-refractivity contribution >= 4 is 11.9 Å². The molecule has 0 aliphatic rings. The van der Waals surface area contributed by atoms with Crippen LogP contribution in [-0.2, 0) is 9.59 Å². The molecule has 0 rings (SSSR count). The van der Waals surface area contributed by atoms with Crippen LogP contribution in [0.25, 0.3) is 0 Å². The summed E-state index contributed by atoms with van der Waals surface area (Å²) in [7, 11) is 0. The molecule has 0 bridgehead atoms. The van der Waals surface area contributed by atoms with E-state index in [1.165, 1.54) is 51.4 Å². The molecule has 0 atom stereocenters. The summed E-state index contributed by atoms with van der Waals surface area (Å²) in [6.45, 7) is 0. The lowest BCUT2D eigenvalue weighted by Crippen LogP contribution is -1.93. The van der Waals surface area contributed by atoms with Crippen LogP contribution in [0, 0.1) is 11.8 Å². The maximum atomic E-state index is 10.3. The summed E-state index contributed by atoms with van der Waals surface area (Å²) in [4.78, 5) is 20.5. The molecule has 0 aliphatic heterocycles. The summed E-state index contributed by atoms with van der Waals surface area (Å²) in [6.07, 6.45) is 16.4. The van der Waals surface area contributed by atoms with E-state index in [1.54, 1.807) is 0 Å². The van der Waals surface area contributed by atoms with E-state index in [9.17, 15) is 9.59 Å². The van der Waals surface area contributed by atoms with Gasteiger partial charge in [0.1, 0.15) is 0 Å². The van der Waals surface area contributed by atoms with Crippen molar-refractivity contribution in [2.75, 3.05) is 0 Å². The zero-order valence-electron chi connectivity index (χ0n) is 14.3. The molecule has 132 valence electrons. The van der Waals surface area contributed by atoms with Crippen LogP contribution in [0.15, 0.2) is 0 Å². The Morgan fingerprint density at radius 1 is 0.609 bits per heavy atom.